The third kappa shape index (κ3) is 5.47. The van der Waals surface area contributed by atoms with Crippen LogP contribution in [0.1, 0.15) is 24.5 Å². The lowest BCUT2D eigenvalue weighted by Crippen LogP contribution is -2.15. The van der Waals surface area contributed by atoms with Crippen molar-refractivity contribution in [1.29, 1.82) is 5.26 Å². The van der Waals surface area contributed by atoms with E-state index in [0.717, 1.165) is 21.4 Å². The van der Waals surface area contributed by atoms with Gasteiger partial charge < -0.3 is 5.32 Å². The van der Waals surface area contributed by atoms with Crippen molar-refractivity contribution in [3.8, 4) is 11.8 Å². The second-order valence-electron chi connectivity index (χ2n) is 6.92. The van der Waals surface area contributed by atoms with E-state index in [0.29, 0.717) is 6.42 Å². The highest BCUT2D eigenvalue weighted by Crippen LogP contribution is 2.32. The van der Waals surface area contributed by atoms with Gasteiger partial charge in [0.1, 0.15) is 0 Å². The Kier molecular flexibility index (Phi) is 7.61. The highest BCUT2D eigenvalue weighted by molar-refractivity contribution is 8.00. The van der Waals surface area contributed by atoms with Crippen LogP contribution in [0, 0.1) is 25.2 Å². The van der Waals surface area contributed by atoms with Gasteiger partial charge in [0, 0.05) is 29.0 Å². The predicted octanol–water partition coefficient (Wildman–Crippen LogP) is 5.61. The fourth-order valence-corrected chi connectivity index (χ4v) is 4.71. The second kappa shape index (κ2) is 10.4. The van der Waals surface area contributed by atoms with Gasteiger partial charge in [0.05, 0.1) is 23.2 Å². The maximum absolute atomic E-state index is 12.6. The molecule has 0 saturated carbocycles. The van der Waals surface area contributed by atoms with Crippen LogP contribution in [0.3, 0.4) is 0 Å². The molecule has 2 aromatic carbocycles. The Hall–Kier alpha value is -2.69. The van der Waals surface area contributed by atoms with Crippen LogP contribution in [-0.4, -0.2) is 26.5 Å². The number of anilines is 1. The van der Waals surface area contributed by atoms with E-state index in [4.69, 9.17) is 5.26 Å². The highest BCUT2D eigenvalue weighted by Gasteiger charge is 2.14. The quantitative estimate of drug-likeness (QED) is 0.465. The maximum atomic E-state index is 12.6. The molecule has 0 radical (unpaired) electrons. The first-order valence-corrected chi connectivity index (χ1v) is 11.5. The van der Waals surface area contributed by atoms with Gasteiger partial charge in [0.15, 0.2) is 5.16 Å². The van der Waals surface area contributed by atoms with Gasteiger partial charge in [-0.2, -0.15) is 5.26 Å². The number of aromatic nitrogens is 2. The number of benzene rings is 2. The van der Waals surface area contributed by atoms with Crippen LogP contribution in [0.5, 0.6) is 0 Å². The number of hydrogen-bond acceptors (Lipinski definition) is 5. The van der Waals surface area contributed by atoms with Gasteiger partial charge in [0.2, 0.25) is 5.91 Å². The minimum absolute atomic E-state index is 0.0866. The van der Waals surface area contributed by atoms with Gasteiger partial charge in [-0.3, -0.25) is 9.36 Å². The largest absolute Gasteiger partial charge is 0.324 e. The molecule has 0 aliphatic heterocycles. The van der Waals surface area contributed by atoms with E-state index in [-0.39, 0.29) is 16.9 Å². The molecular weight excluding hydrogens is 412 g/mol. The number of carbonyl (C=O) groups is 1. The molecule has 1 amide bonds. The summed E-state index contributed by atoms with van der Waals surface area (Å²) in [7, 11) is 0. The molecular formula is C23H24N4OS2. The van der Waals surface area contributed by atoms with Crippen LogP contribution >= 0.6 is 23.5 Å². The van der Waals surface area contributed by atoms with E-state index in [1.807, 2.05) is 48.0 Å². The number of para-hydroxylation sites is 1. The van der Waals surface area contributed by atoms with Crippen molar-refractivity contribution in [2.24, 2.45) is 0 Å². The molecule has 1 atom stereocenters. The Morgan fingerprint density at radius 2 is 2.03 bits per heavy atom. The van der Waals surface area contributed by atoms with E-state index in [1.165, 1.54) is 22.9 Å². The monoisotopic (exact) mass is 436 g/mol. The number of rotatable bonds is 8. The third-order valence-electron chi connectivity index (χ3n) is 4.64. The third-order valence-corrected chi connectivity index (χ3v) is 6.79. The molecule has 7 heteroatoms. The number of imidazole rings is 1. The van der Waals surface area contributed by atoms with Crippen molar-refractivity contribution < 1.29 is 4.79 Å². The van der Waals surface area contributed by atoms with E-state index in [1.54, 1.807) is 18.0 Å². The topological polar surface area (TPSA) is 70.7 Å². The Balaban J connectivity index is 1.67. The number of nitrogens with zero attached hydrogens (tertiary/aromatic N) is 3. The normalized spacial score (nSPS) is 11.7. The Morgan fingerprint density at radius 3 is 2.83 bits per heavy atom. The fourth-order valence-electron chi connectivity index (χ4n) is 2.95. The van der Waals surface area contributed by atoms with Crippen molar-refractivity contribution in [1.82, 2.24) is 9.55 Å². The average Bonchev–Trinajstić information content (AvgIpc) is 3.18. The summed E-state index contributed by atoms with van der Waals surface area (Å²) < 4.78 is 2.02. The van der Waals surface area contributed by atoms with Crippen molar-refractivity contribution in [3.05, 3.63) is 66.0 Å². The number of hydrogen-bond donors (Lipinski definition) is 1. The van der Waals surface area contributed by atoms with Gasteiger partial charge in [-0.05, 0) is 43.2 Å². The van der Waals surface area contributed by atoms with Crippen molar-refractivity contribution in [2.75, 3.05) is 11.1 Å². The molecule has 0 saturated heterocycles. The molecule has 1 N–H and O–H groups in total. The number of amides is 1. The molecule has 0 aliphatic rings. The predicted molar refractivity (Wildman–Crippen MR) is 124 cm³/mol. The molecule has 1 unspecified atom stereocenters. The molecule has 1 aromatic heterocycles. The summed E-state index contributed by atoms with van der Waals surface area (Å²) >= 11 is 3.00. The standard InChI is InChI=1S/C23H24N4OS2/c1-16-7-6-9-20(18(16)3)27-14-13-25-23(27)29-15-22(28)26-19-8-4-5-10-21(19)30-17(2)11-12-24/h4-10,13-14,17H,11,15H2,1-3H3,(H,26,28). The first-order valence-electron chi connectivity index (χ1n) is 9.64. The van der Waals surface area contributed by atoms with Gasteiger partial charge in [-0.25, -0.2) is 4.98 Å². The number of nitrogens with one attached hydrogen (secondary N) is 1. The summed E-state index contributed by atoms with van der Waals surface area (Å²) in [5, 5.41) is 12.8. The highest BCUT2D eigenvalue weighted by atomic mass is 32.2. The second-order valence-corrected chi connectivity index (χ2v) is 9.35. The van der Waals surface area contributed by atoms with Crippen LogP contribution in [0.2, 0.25) is 0 Å². The molecule has 0 bridgehead atoms. The Morgan fingerprint density at radius 1 is 1.23 bits per heavy atom. The Bertz CT molecular complexity index is 1070. The minimum atomic E-state index is -0.0866. The summed E-state index contributed by atoms with van der Waals surface area (Å²) in [6.07, 6.45) is 4.14. The molecule has 30 heavy (non-hydrogen) atoms. The SMILES string of the molecule is Cc1cccc(-n2ccnc2SCC(=O)Nc2ccccc2SC(C)CC#N)c1C. The number of nitriles is 1. The maximum Gasteiger partial charge on any atom is 0.234 e. The van der Waals surface area contributed by atoms with Crippen LogP contribution in [0.15, 0.2) is 64.9 Å². The van der Waals surface area contributed by atoms with Gasteiger partial charge in [0.25, 0.3) is 0 Å². The lowest BCUT2D eigenvalue weighted by Gasteiger charge is -2.14. The van der Waals surface area contributed by atoms with Crippen molar-refractivity contribution in [2.45, 2.75) is 42.5 Å². The summed E-state index contributed by atoms with van der Waals surface area (Å²) in [4.78, 5) is 18.0. The fraction of sp³-hybridized carbons (Fsp3) is 0.261. The summed E-state index contributed by atoms with van der Waals surface area (Å²) in [6, 6.07) is 16.1. The average molecular weight is 437 g/mol. The van der Waals surface area contributed by atoms with Gasteiger partial charge in [-0.1, -0.05) is 43.0 Å². The lowest BCUT2D eigenvalue weighted by atomic mass is 10.1. The smallest absolute Gasteiger partial charge is 0.234 e. The summed E-state index contributed by atoms with van der Waals surface area (Å²) in [5.41, 5.74) is 4.26. The van der Waals surface area contributed by atoms with E-state index in [9.17, 15) is 4.79 Å². The van der Waals surface area contributed by atoms with Crippen molar-refractivity contribution >= 4 is 35.1 Å². The van der Waals surface area contributed by atoms with E-state index in [2.05, 4.69) is 42.4 Å². The van der Waals surface area contributed by atoms with Crippen LogP contribution < -0.4 is 5.32 Å². The Labute approximate surface area is 185 Å². The zero-order chi connectivity index (χ0) is 21.5. The van der Waals surface area contributed by atoms with Gasteiger partial charge >= 0.3 is 0 Å². The molecule has 1 heterocycles. The lowest BCUT2D eigenvalue weighted by molar-refractivity contribution is -0.113. The van der Waals surface area contributed by atoms with E-state index >= 15 is 0 Å². The zero-order valence-electron chi connectivity index (χ0n) is 17.3. The zero-order valence-corrected chi connectivity index (χ0v) is 18.9. The molecule has 0 fully saturated rings. The minimum Gasteiger partial charge on any atom is -0.324 e. The summed E-state index contributed by atoms with van der Waals surface area (Å²) in [5.74, 6) is 0.172. The van der Waals surface area contributed by atoms with Crippen molar-refractivity contribution in [3.63, 3.8) is 0 Å². The molecule has 0 aliphatic carbocycles. The number of aryl methyl sites for hydroxylation is 1. The molecule has 154 valence electrons. The molecule has 3 rings (SSSR count). The molecule has 0 spiro atoms. The van der Waals surface area contributed by atoms with E-state index < -0.39 is 0 Å². The number of thioether (sulfide) groups is 2. The number of carbonyl (C=O) groups excluding carboxylic acids is 1. The van der Waals surface area contributed by atoms with Crippen LogP contribution in [0.25, 0.3) is 5.69 Å². The molecule has 3 aromatic rings. The molecule has 5 nitrogen and oxygen atoms in total. The first-order chi connectivity index (χ1) is 14.5. The first kappa shape index (κ1) is 22.0. The summed E-state index contributed by atoms with van der Waals surface area (Å²) in [6.45, 7) is 6.19. The van der Waals surface area contributed by atoms with Crippen LogP contribution in [0.4, 0.5) is 5.69 Å². The van der Waals surface area contributed by atoms with Crippen LogP contribution in [-0.2, 0) is 4.79 Å². The van der Waals surface area contributed by atoms with Gasteiger partial charge in [-0.15, -0.1) is 11.8 Å².